The van der Waals surface area contributed by atoms with E-state index in [4.69, 9.17) is 0 Å². The minimum Gasteiger partial charge on any atom is -0.289 e. The first-order chi connectivity index (χ1) is 9.27. The molecule has 2 rings (SSSR count). The Balaban J connectivity index is 2.39. The van der Waals surface area contributed by atoms with Gasteiger partial charge in [0.2, 0.25) is 0 Å². The number of carbonyl (C=O) groups is 1. The van der Waals surface area contributed by atoms with Crippen molar-refractivity contribution in [2.45, 2.75) is 11.8 Å². The smallest absolute Gasteiger partial charge is 0.193 e. The molecule has 0 spiro atoms. The first kappa shape index (κ1) is 14.4. The molecule has 0 fully saturated rings. The maximum absolute atomic E-state index is 13.3. The SMILES string of the molecule is Cc1cc(F)cc(C(=O)c2ccc(S(C)(=O)=O)cc2)c1. The number of aryl methyl sites for hydroxylation is 1. The number of sulfone groups is 1. The summed E-state index contributed by atoms with van der Waals surface area (Å²) in [4.78, 5) is 12.3. The molecule has 0 heterocycles. The van der Waals surface area contributed by atoms with E-state index in [0.29, 0.717) is 11.1 Å². The molecule has 0 atom stereocenters. The predicted octanol–water partition coefficient (Wildman–Crippen LogP) is 2.77. The molecule has 0 amide bonds. The zero-order chi connectivity index (χ0) is 14.9. The van der Waals surface area contributed by atoms with Gasteiger partial charge in [-0.25, -0.2) is 12.8 Å². The van der Waals surface area contributed by atoms with E-state index in [1.54, 1.807) is 13.0 Å². The number of carbonyl (C=O) groups excluding carboxylic acids is 1. The summed E-state index contributed by atoms with van der Waals surface area (Å²) in [7, 11) is -3.29. The van der Waals surface area contributed by atoms with Crippen LogP contribution >= 0.6 is 0 Å². The Kier molecular flexibility index (Phi) is 3.72. The van der Waals surface area contributed by atoms with Gasteiger partial charge in [0.15, 0.2) is 15.6 Å². The number of halogens is 1. The van der Waals surface area contributed by atoms with Gasteiger partial charge < -0.3 is 0 Å². The second-order valence-electron chi connectivity index (χ2n) is 4.64. The third-order valence-electron chi connectivity index (χ3n) is 2.85. The van der Waals surface area contributed by atoms with E-state index >= 15 is 0 Å². The van der Waals surface area contributed by atoms with Crippen molar-refractivity contribution in [1.29, 1.82) is 0 Å². The van der Waals surface area contributed by atoms with Gasteiger partial charge in [0, 0.05) is 17.4 Å². The van der Waals surface area contributed by atoms with Crippen LogP contribution < -0.4 is 0 Å². The van der Waals surface area contributed by atoms with E-state index < -0.39 is 15.7 Å². The van der Waals surface area contributed by atoms with Gasteiger partial charge in [0.05, 0.1) is 4.90 Å². The van der Waals surface area contributed by atoms with Crippen LogP contribution in [0.2, 0.25) is 0 Å². The standard InChI is InChI=1S/C15H13FO3S/c1-10-7-12(9-13(16)8-10)15(17)11-3-5-14(6-4-11)20(2,18)19/h3-9H,1-2H3. The van der Waals surface area contributed by atoms with E-state index in [1.807, 2.05) is 0 Å². The second kappa shape index (κ2) is 5.17. The maximum Gasteiger partial charge on any atom is 0.193 e. The predicted molar refractivity (Wildman–Crippen MR) is 74.1 cm³/mol. The van der Waals surface area contributed by atoms with Crippen molar-refractivity contribution in [3.8, 4) is 0 Å². The molecule has 0 aliphatic carbocycles. The molecule has 0 aliphatic heterocycles. The second-order valence-corrected chi connectivity index (χ2v) is 6.66. The Morgan fingerprint density at radius 3 is 2.10 bits per heavy atom. The van der Waals surface area contributed by atoms with Gasteiger partial charge in [-0.1, -0.05) is 0 Å². The van der Waals surface area contributed by atoms with Crippen LogP contribution in [0, 0.1) is 12.7 Å². The van der Waals surface area contributed by atoms with Crippen LogP contribution in [0.4, 0.5) is 4.39 Å². The van der Waals surface area contributed by atoms with Gasteiger partial charge in [-0.2, -0.15) is 0 Å². The zero-order valence-corrected chi connectivity index (χ0v) is 11.9. The molecule has 0 aromatic heterocycles. The normalized spacial score (nSPS) is 11.3. The molecule has 0 radical (unpaired) electrons. The quantitative estimate of drug-likeness (QED) is 0.817. The lowest BCUT2D eigenvalue weighted by Crippen LogP contribution is -2.04. The molecular formula is C15H13FO3S. The fourth-order valence-electron chi connectivity index (χ4n) is 1.89. The number of rotatable bonds is 3. The van der Waals surface area contributed by atoms with Crippen molar-refractivity contribution in [2.24, 2.45) is 0 Å². The lowest BCUT2D eigenvalue weighted by atomic mass is 10.0. The molecule has 0 saturated carbocycles. The molecular weight excluding hydrogens is 279 g/mol. The van der Waals surface area contributed by atoms with Crippen LogP contribution in [-0.2, 0) is 9.84 Å². The van der Waals surface area contributed by atoms with Gasteiger partial charge >= 0.3 is 0 Å². The Hall–Kier alpha value is -2.01. The van der Waals surface area contributed by atoms with Gasteiger partial charge in [0.25, 0.3) is 0 Å². The molecule has 2 aromatic rings. The fourth-order valence-corrected chi connectivity index (χ4v) is 2.52. The van der Waals surface area contributed by atoms with Crippen LogP contribution in [0.5, 0.6) is 0 Å². The molecule has 5 heteroatoms. The monoisotopic (exact) mass is 292 g/mol. The highest BCUT2D eigenvalue weighted by molar-refractivity contribution is 7.90. The number of ketones is 1. The molecule has 0 aliphatic rings. The van der Waals surface area contributed by atoms with Gasteiger partial charge in [-0.05, 0) is 55.0 Å². The lowest BCUT2D eigenvalue weighted by molar-refractivity contribution is 0.103. The first-order valence-corrected chi connectivity index (χ1v) is 7.78. The Morgan fingerprint density at radius 2 is 1.60 bits per heavy atom. The third-order valence-corrected chi connectivity index (χ3v) is 3.98. The fraction of sp³-hybridized carbons (Fsp3) is 0.133. The van der Waals surface area contributed by atoms with Crippen LogP contribution in [-0.4, -0.2) is 20.5 Å². The van der Waals surface area contributed by atoms with Gasteiger partial charge in [-0.15, -0.1) is 0 Å². The summed E-state index contributed by atoms with van der Waals surface area (Å²) in [5.74, 6) is -0.811. The van der Waals surface area contributed by atoms with Crippen molar-refractivity contribution in [1.82, 2.24) is 0 Å². The zero-order valence-electron chi connectivity index (χ0n) is 11.1. The van der Waals surface area contributed by atoms with Crippen molar-refractivity contribution >= 4 is 15.6 Å². The average molecular weight is 292 g/mol. The maximum atomic E-state index is 13.3. The van der Waals surface area contributed by atoms with Crippen LogP contribution in [0.15, 0.2) is 47.4 Å². The topological polar surface area (TPSA) is 51.2 Å². The highest BCUT2D eigenvalue weighted by Gasteiger charge is 2.12. The Morgan fingerprint density at radius 1 is 1.00 bits per heavy atom. The summed E-state index contributed by atoms with van der Waals surface area (Å²) in [6.07, 6.45) is 1.10. The minimum atomic E-state index is -3.29. The summed E-state index contributed by atoms with van der Waals surface area (Å²) in [5, 5.41) is 0. The number of hydrogen-bond acceptors (Lipinski definition) is 3. The number of hydrogen-bond donors (Lipinski definition) is 0. The highest BCUT2D eigenvalue weighted by atomic mass is 32.2. The van der Waals surface area contributed by atoms with Crippen LogP contribution in [0.25, 0.3) is 0 Å². The van der Waals surface area contributed by atoms with E-state index in [-0.39, 0.29) is 16.2 Å². The van der Waals surface area contributed by atoms with Crippen LogP contribution in [0.1, 0.15) is 21.5 Å². The molecule has 3 nitrogen and oxygen atoms in total. The lowest BCUT2D eigenvalue weighted by Gasteiger charge is -2.04. The summed E-state index contributed by atoms with van der Waals surface area (Å²) in [6.45, 7) is 1.70. The third kappa shape index (κ3) is 3.11. The molecule has 0 saturated heterocycles. The van der Waals surface area contributed by atoms with Crippen molar-refractivity contribution in [2.75, 3.05) is 6.26 Å². The molecule has 20 heavy (non-hydrogen) atoms. The minimum absolute atomic E-state index is 0.143. The van der Waals surface area contributed by atoms with Crippen molar-refractivity contribution in [3.05, 3.63) is 65.0 Å². The highest BCUT2D eigenvalue weighted by Crippen LogP contribution is 2.16. The van der Waals surface area contributed by atoms with Crippen molar-refractivity contribution < 1.29 is 17.6 Å². The largest absolute Gasteiger partial charge is 0.289 e. The Bertz CT molecular complexity index is 742. The van der Waals surface area contributed by atoms with Gasteiger partial charge in [-0.3, -0.25) is 4.79 Å². The van der Waals surface area contributed by atoms with Gasteiger partial charge in [0.1, 0.15) is 5.82 Å². The molecule has 2 aromatic carbocycles. The summed E-state index contributed by atoms with van der Waals surface area (Å²) in [5.41, 5.74) is 1.22. The van der Waals surface area contributed by atoms with Crippen LogP contribution in [0.3, 0.4) is 0 Å². The Labute approximate surface area is 117 Å². The number of benzene rings is 2. The molecule has 0 unspecified atom stereocenters. The summed E-state index contributed by atoms with van der Waals surface area (Å²) in [6, 6.07) is 9.70. The molecule has 104 valence electrons. The van der Waals surface area contributed by atoms with Crippen molar-refractivity contribution in [3.63, 3.8) is 0 Å². The molecule has 0 bridgehead atoms. The average Bonchev–Trinajstić information content (AvgIpc) is 2.36. The summed E-state index contributed by atoms with van der Waals surface area (Å²) < 4.78 is 36.0. The summed E-state index contributed by atoms with van der Waals surface area (Å²) >= 11 is 0. The van der Waals surface area contributed by atoms with E-state index in [9.17, 15) is 17.6 Å². The van der Waals surface area contributed by atoms with E-state index in [1.165, 1.54) is 36.4 Å². The molecule has 0 N–H and O–H groups in total. The first-order valence-electron chi connectivity index (χ1n) is 5.89. The van der Waals surface area contributed by atoms with E-state index in [2.05, 4.69) is 0 Å². The van der Waals surface area contributed by atoms with E-state index in [0.717, 1.165) is 6.26 Å².